The first-order valence-corrected chi connectivity index (χ1v) is 7.90. The zero-order valence-electron chi connectivity index (χ0n) is 12.7. The molecule has 2 aliphatic rings. The molecule has 0 spiro atoms. The molecule has 0 atom stereocenters. The third kappa shape index (κ3) is 2.26. The second kappa shape index (κ2) is 5.32. The lowest BCUT2D eigenvalue weighted by Crippen LogP contribution is -2.35. The molecule has 4 heteroatoms. The Kier molecular flexibility index (Phi) is 3.27. The van der Waals surface area contributed by atoms with Gasteiger partial charge >= 0.3 is 0 Å². The van der Waals surface area contributed by atoms with E-state index >= 15 is 0 Å². The van der Waals surface area contributed by atoms with Crippen LogP contribution in [-0.2, 0) is 0 Å². The first-order chi connectivity index (χ1) is 11.2. The second-order valence-electron chi connectivity index (χ2n) is 6.09. The second-order valence-corrected chi connectivity index (χ2v) is 6.09. The van der Waals surface area contributed by atoms with E-state index in [4.69, 9.17) is 0 Å². The van der Waals surface area contributed by atoms with Crippen molar-refractivity contribution in [1.82, 2.24) is 4.90 Å². The minimum atomic E-state index is -0.104. The van der Waals surface area contributed by atoms with Crippen molar-refractivity contribution < 1.29 is 14.7 Å². The van der Waals surface area contributed by atoms with Gasteiger partial charge in [-0.1, -0.05) is 30.3 Å². The number of hydrogen-bond donors (Lipinski definition) is 1. The van der Waals surface area contributed by atoms with Gasteiger partial charge in [0, 0.05) is 29.3 Å². The molecule has 2 aromatic carbocycles. The molecule has 0 heterocycles. The van der Waals surface area contributed by atoms with E-state index < -0.39 is 0 Å². The van der Waals surface area contributed by atoms with Crippen LogP contribution in [0.3, 0.4) is 0 Å². The number of nitrogens with zero attached hydrogens (tertiary/aromatic N) is 1. The highest BCUT2D eigenvalue weighted by Gasteiger charge is 2.34. The number of carbonyl (C=O) groups is 2. The van der Waals surface area contributed by atoms with Gasteiger partial charge in [-0.05, 0) is 36.1 Å². The maximum absolute atomic E-state index is 12.7. The van der Waals surface area contributed by atoms with Crippen LogP contribution in [0.4, 0.5) is 0 Å². The maximum Gasteiger partial charge on any atom is 0.254 e. The summed E-state index contributed by atoms with van der Waals surface area (Å²) in [6.07, 6.45) is 1.97. The molecule has 4 rings (SSSR count). The average molecular weight is 307 g/mol. The predicted molar refractivity (Wildman–Crippen MR) is 86.5 cm³/mol. The fraction of sp³-hybridized carbons (Fsp3) is 0.263. The van der Waals surface area contributed by atoms with Crippen LogP contribution in [0.15, 0.2) is 42.5 Å². The Morgan fingerprint density at radius 3 is 2.43 bits per heavy atom. The van der Waals surface area contributed by atoms with Crippen molar-refractivity contribution in [1.29, 1.82) is 0 Å². The number of hydrogen-bond acceptors (Lipinski definition) is 3. The molecule has 1 N–H and O–H groups in total. The monoisotopic (exact) mass is 307 g/mol. The van der Waals surface area contributed by atoms with E-state index in [1.165, 1.54) is 0 Å². The lowest BCUT2D eigenvalue weighted by Gasteiger charge is -2.21. The summed E-state index contributed by atoms with van der Waals surface area (Å²) >= 11 is 0. The van der Waals surface area contributed by atoms with Crippen LogP contribution in [0, 0.1) is 0 Å². The average Bonchev–Trinajstić information content (AvgIpc) is 3.39. The Morgan fingerprint density at radius 1 is 1.04 bits per heavy atom. The van der Waals surface area contributed by atoms with Crippen molar-refractivity contribution in [2.75, 3.05) is 13.2 Å². The zero-order chi connectivity index (χ0) is 16.0. The van der Waals surface area contributed by atoms with E-state index in [2.05, 4.69) is 0 Å². The quantitative estimate of drug-likeness (QED) is 0.805. The molecule has 116 valence electrons. The van der Waals surface area contributed by atoms with Crippen LogP contribution in [0.25, 0.3) is 11.1 Å². The van der Waals surface area contributed by atoms with Gasteiger partial charge in [-0.15, -0.1) is 0 Å². The largest absolute Gasteiger partial charge is 0.395 e. The highest BCUT2D eigenvalue weighted by atomic mass is 16.3. The van der Waals surface area contributed by atoms with Gasteiger partial charge in [0.05, 0.1) is 6.61 Å². The predicted octanol–water partition coefficient (Wildman–Crippen LogP) is 2.49. The smallest absolute Gasteiger partial charge is 0.254 e. The van der Waals surface area contributed by atoms with Crippen LogP contribution in [-0.4, -0.2) is 40.9 Å². The molecule has 2 aromatic rings. The number of benzene rings is 2. The summed E-state index contributed by atoms with van der Waals surface area (Å²) in [5, 5.41) is 9.18. The Balaban J connectivity index is 1.71. The lowest BCUT2D eigenvalue weighted by atomic mass is 10.0. The molecule has 0 radical (unpaired) electrons. The zero-order valence-corrected chi connectivity index (χ0v) is 12.7. The van der Waals surface area contributed by atoms with E-state index in [9.17, 15) is 14.7 Å². The minimum Gasteiger partial charge on any atom is -0.395 e. The van der Waals surface area contributed by atoms with Crippen LogP contribution in [0.2, 0.25) is 0 Å². The van der Waals surface area contributed by atoms with Crippen molar-refractivity contribution >= 4 is 11.7 Å². The van der Waals surface area contributed by atoms with Crippen LogP contribution < -0.4 is 0 Å². The molecule has 1 amide bonds. The van der Waals surface area contributed by atoms with Gasteiger partial charge in [0.25, 0.3) is 5.91 Å². The molecule has 0 aliphatic heterocycles. The molecule has 4 nitrogen and oxygen atoms in total. The first-order valence-electron chi connectivity index (χ1n) is 7.90. The van der Waals surface area contributed by atoms with Crippen molar-refractivity contribution in [3.63, 3.8) is 0 Å². The maximum atomic E-state index is 12.7. The molecule has 0 saturated heterocycles. The van der Waals surface area contributed by atoms with Crippen LogP contribution in [0.1, 0.15) is 39.1 Å². The number of fused-ring (bicyclic) bond motifs is 3. The first kappa shape index (κ1) is 14.2. The van der Waals surface area contributed by atoms with Crippen molar-refractivity contribution in [3.8, 4) is 11.1 Å². The number of amides is 1. The van der Waals surface area contributed by atoms with Crippen LogP contribution in [0.5, 0.6) is 0 Å². The van der Waals surface area contributed by atoms with Crippen molar-refractivity contribution in [3.05, 3.63) is 59.2 Å². The third-order valence-corrected chi connectivity index (χ3v) is 4.56. The molecular formula is C19H17NO3. The summed E-state index contributed by atoms with van der Waals surface area (Å²) in [6, 6.07) is 13.1. The van der Waals surface area contributed by atoms with Gasteiger partial charge in [0.1, 0.15) is 0 Å². The topological polar surface area (TPSA) is 57.6 Å². The lowest BCUT2D eigenvalue weighted by molar-refractivity contribution is 0.0707. The Labute approximate surface area is 134 Å². The van der Waals surface area contributed by atoms with Crippen molar-refractivity contribution in [2.24, 2.45) is 0 Å². The number of aliphatic hydroxyl groups is 1. The Morgan fingerprint density at radius 2 is 1.74 bits per heavy atom. The van der Waals surface area contributed by atoms with Gasteiger partial charge in [0.2, 0.25) is 0 Å². The number of carbonyl (C=O) groups excluding carboxylic acids is 2. The summed E-state index contributed by atoms with van der Waals surface area (Å²) in [5.41, 5.74) is 3.63. The number of ketones is 1. The van der Waals surface area contributed by atoms with Gasteiger partial charge in [-0.2, -0.15) is 0 Å². The summed E-state index contributed by atoms with van der Waals surface area (Å²) in [7, 11) is 0. The van der Waals surface area contributed by atoms with E-state index in [0.717, 1.165) is 24.0 Å². The molecule has 1 saturated carbocycles. The summed E-state index contributed by atoms with van der Waals surface area (Å²) in [6.45, 7) is 0.298. The fourth-order valence-electron chi connectivity index (χ4n) is 3.27. The standard InChI is InChI=1S/C19H17NO3/c21-10-9-20(13-6-7-13)19(23)12-5-8-15-14-3-1-2-4-16(14)18(22)17(15)11-12/h1-5,8,11,13,21H,6-7,9-10H2. The molecule has 2 aliphatic carbocycles. The number of aliphatic hydroxyl groups excluding tert-OH is 1. The molecule has 0 bridgehead atoms. The third-order valence-electron chi connectivity index (χ3n) is 4.56. The fourth-order valence-corrected chi connectivity index (χ4v) is 3.27. The van der Waals surface area contributed by atoms with Gasteiger partial charge in [-0.25, -0.2) is 0 Å². The molecule has 0 aromatic heterocycles. The summed E-state index contributed by atoms with van der Waals surface area (Å²) in [4.78, 5) is 27.0. The Hall–Kier alpha value is -2.46. The molecule has 0 unspecified atom stereocenters. The molecule has 1 fully saturated rings. The highest BCUT2D eigenvalue weighted by Crippen LogP contribution is 2.37. The van der Waals surface area contributed by atoms with Gasteiger partial charge in [0.15, 0.2) is 5.78 Å². The Bertz CT molecular complexity index is 808. The summed E-state index contributed by atoms with van der Waals surface area (Å²) < 4.78 is 0. The minimum absolute atomic E-state index is 0.0228. The highest BCUT2D eigenvalue weighted by molar-refractivity contribution is 6.22. The van der Waals surface area contributed by atoms with Gasteiger partial charge < -0.3 is 10.0 Å². The molecule has 23 heavy (non-hydrogen) atoms. The molecular weight excluding hydrogens is 290 g/mol. The van der Waals surface area contributed by atoms with Crippen LogP contribution >= 0.6 is 0 Å². The van der Waals surface area contributed by atoms with E-state index in [1.807, 2.05) is 30.3 Å². The van der Waals surface area contributed by atoms with Crippen molar-refractivity contribution in [2.45, 2.75) is 18.9 Å². The van der Waals surface area contributed by atoms with E-state index in [-0.39, 0.29) is 24.3 Å². The van der Waals surface area contributed by atoms with Gasteiger partial charge in [-0.3, -0.25) is 9.59 Å². The summed E-state index contributed by atoms with van der Waals surface area (Å²) in [5.74, 6) is -0.126. The van der Waals surface area contributed by atoms with E-state index in [0.29, 0.717) is 23.2 Å². The normalized spacial score (nSPS) is 15.3. The number of rotatable bonds is 4. The van der Waals surface area contributed by atoms with E-state index in [1.54, 1.807) is 17.0 Å². The SMILES string of the molecule is O=C1c2ccccc2-c2ccc(C(=O)N(CCO)C3CC3)cc21.